The third-order valence-electron chi connectivity index (χ3n) is 3.49. The Morgan fingerprint density at radius 2 is 1.82 bits per heavy atom. The van der Waals surface area contributed by atoms with Crippen LogP contribution in [-0.2, 0) is 14.3 Å². The largest absolute Gasteiger partial charge is 0.494 e. The van der Waals surface area contributed by atoms with E-state index in [4.69, 9.17) is 9.47 Å². The van der Waals surface area contributed by atoms with Crippen molar-refractivity contribution in [2.24, 2.45) is 0 Å². The number of amides is 2. The second kappa shape index (κ2) is 11.0. The van der Waals surface area contributed by atoms with Crippen molar-refractivity contribution in [1.82, 2.24) is 5.32 Å². The van der Waals surface area contributed by atoms with Crippen molar-refractivity contribution < 1.29 is 23.9 Å². The molecule has 0 aliphatic rings. The summed E-state index contributed by atoms with van der Waals surface area (Å²) < 4.78 is 10.3. The number of carbonyl (C=O) groups excluding carboxylic acids is 3. The second-order valence-corrected chi connectivity index (χ2v) is 6.61. The zero-order chi connectivity index (χ0) is 20.4. The quantitative estimate of drug-likeness (QED) is 0.495. The molecule has 0 saturated carbocycles. The van der Waals surface area contributed by atoms with E-state index in [0.717, 1.165) is 10.6 Å². The number of carbonyl (C=O) groups is 3. The van der Waals surface area contributed by atoms with E-state index in [1.807, 2.05) is 31.2 Å². The molecule has 0 radical (unpaired) electrons. The highest BCUT2D eigenvalue weighted by molar-refractivity contribution is 8.00. The molecule has 2 rings (SSSR count). The molecule has 7 nitrogen and oxygen atoms in total. The SMILES string of the molecule is CCOc1ccc(SCC(=O)OCC(=O)Nc2cccc(C(=O)NC)c2)cc1. The fraction of sp³-hybridized carbons (Fsp3) is 0.250. The Morgan fingerprint density at radius 3 is 2.50 bits per heavy atom. The zero-order valence-corrected chi connectivity index (χ0v) is 16.5. The molecule has 0 aliphatic heterocycles. The van der Waals surface area contributed by atoms with Gasteiger partial charge < -0.3 is 20.1 Å². The molecule has 2 amide bonds. The number of esters is 1. The van der Waals surface area contributed by atoms with E-state index in [9.17, 15) is 14.4 Å². The molecule has 0 aromatic heterocycles. The van der Waals surface area contributed by atoms with E-state index in [-0.39, 0.29) is 11.7 Å². The van der Waals surface area contributed by atoms with E-state index in [2.05, 4.69) is 10.6 Å². The highest BCUT2D eigenvalue weighted by Crippen LogP contribution is 2.21. The van der Waals surface area contributed by atoms with Crippen LogP contribution < -0.4 is 15.4 Å². The Bertz CT molecular complexity index is 824. The van der Waals surface area contributed by atoms with Crippen molar-refractivity contribution in [3.05, 3.63) is 54.1 Å². The second-order valence-electron chi connectivity index (χ2n) is 5.56. The highest BCUT2D eigenvalue weighted by Gasteiger charge is 2.10. The lowest BCUT2D eigenvalue weighted by Gasteiger charge is -2.08. The van der Waals surface area contributed by atoms with Crippen LogP contribution in [0.25, 0.3) is 0 Å². The van der Waals surface area contributed by atoms with Gasteiger partial charge in [-0.3, -0.25) is 14.4 Å². The van der Waals surface area contributed by atoms with Crippen LogP contribution in [0.2, 0.25) is 0 Å². The Labute approximate surface area is 167 Å². The first-order valence-corrected chi connectivity index (χ1v) is 9.63. The molecule has 0 fully saturated rings. The van der Waals surface area contributed by atoms with Crippen molar-refractivity contribution in [3.63, 3.8) is 0 Å². The normalized spacial score (nSPS) is 10.1. The van der Waals surface area contributed by atoms with Gasteiger partial charge in [0, 0.05) is 23.2 Å². The summed E-state index contributed by atoms with van der Waals surface area (Å²) in [5.41, 5.74) is 0.870. The summed E-state index contributed by atoms with van der Waals surface area (Å²) in [6.45, 7) is 2.11. The predicted octanol–water partition coefficient (Wildman–Crippen LogP) is 2.72. The molecule has 0 saturated heterocycles. The van der Waals surface area contributed by atoms with E-state index >= 15 is 0 Å². The number of rotatable bonds is 9. The number of ether oxygens (including phenoxy) is 2. The molecule has 0 atom stereocenters. The van der Waals surface area contributed by atoms with Gasteiger partial charge in [-0.25, -0.2) is 0 Å². The summed E-state index contributed by atoms with van der Waals surface area (Å²) in [6, 6.07) is 13.8. The van der Waals surface area contributed by atoms with Gasteiger partial charge in [0.05, 0.1) is 12.4 Å². The van der Waals surface area contributed by atoms with Crippen LogP contribution in [0.4, 0.5) is 5.69 Å². The number of hydrogen-bond acceptors (Lipinski definition) is 6. The Morgan fingerprint density at radius 1 is 1.07 bits per heavy atom. The maximum absolute atomic E-state index is 11.9. The fourth-order valence-electron chi connectivity index (χ4n) is 2.21. The highest BCUT2D eigenvalue weighted by atomic mass is 32.2. The summed E-state index contributed by atoms with van der Waals surface area (Å²) in [5.74, 6) is -0.366. The smallest absolute Gasteiger partial charge is 0.316 e. The molecular formula is C20H22N2O5S. The molecule has 0 aliphatic carbocycles. The Balaban J connectivity index is 1.74. The van der Waals surface area contributed by atoms with E-state index in [1.54, 1.807) is 24.3 Å². The van der Waals surface area contributed by atoms with Crippen molar-refractivity contribution in [1.29, 1.82) is 0 Å². The van der Waals surface area contributed by atoms with Gasteiger partial charge in [0.1, 0.15) is 5.75 Å². The number of thioether (sulfide) groups is 1. The average Bonchev–Trinajstić information content (AvgIpc) is 2.71. The minimum absolute atomic E-state index is 0.0907. The van der Waals surface area contributed by atoms with E-state index < -0.39 is 18.5 Å². The third-order valence-corrected chi connectivity index (χ3v) is 4.48. The summed E-state index contributed by atoms with van der Waals surface area (Å²) in [5, 5.41) is 5.10. The molecule has 0 spiro atoms. The maximum Gasteiger partial charge on any atom is 0.316 e. The van der Waals surface area contributed by atoms with Crippen molar-refractivity contribution in [3.8, 4) is 5.75 Å². The minimum Gasteiger partial charge on any atom is -0.494 e. The molecule has 0 heterocycles. The van der Waals surface area contributed by atoms with Crippen LogP contribution in [0.1, 0.15) is 17.3 Å². The van der Waals surface area contributed by atoms with Crippen molar-refractivity contribution in [2.45, 2.75) is 11.8 Å². The summed E-state index contributed by atoms with van der Waals surface area (Å²) in [6.07, 6.45) is 0. The lowest BCUT2D eigenvalue weighted by molar-refractivity contribution is -0.144. The molecule has 148 valence electrons. The standard InChI is InChI=1S/C20H22N2O5S/c1-3-26-16-7-9-17(10-8-16)28-13-19(24)27-12-18(23)22-15-6-4-5-14(11-15)20(25)21-2/h4-11H,3,12-13H2,1-2H3,(H,21,25)(H,22,23). The topological polar surface area (TPSA) is 93.7 Å². The lowest BCUT2D eigenvalue weighted by atomic mass is 10.2. The van der Waals surface area contributed by atoms with E-state index in [0.29, 0.717) is 17.9 Å². The van der Waals surface area contributed by atoms with E-state index in [1.165, 1.54) is 18.8 Å². The number of benzene rings is 2. The van der Waals surface area contributed by atoms with Crippen LogP contribution in [0.5, 0.6) is 5.75 Å². The van der Waals surface area contributed by atoms with Crippen LogP contribution in [0, 0.1) is 0 Å². The van der Waals surface area contributed by atoms with Crippen molar-refractivity contribution >= 4 is 35.2 Å². The molecular weight excluding hydrogens is 380 g/mol. The van der Waals surface area contributed by atoms with Crippen LogP contribution >= 0.6 is 11.8 Å². The average molecular weight is 402 g/mol. The molecule has 2 N–H and O–H groups in total. The lowest BCUT2D eigenvalue weighted by Crippen LogP contribution is -2.22. The molecule has 8 heteroatoms. The minimum atomic E-state index is -0.492. The molecule has 0 bridgehead atoms. The van der Waals surface area contributed by atoms with Crippen molar-refractivity contribution in [2.75, 3.05) is 31.3 Å². The van der Waals surface area contributed by atoms with Gasteiger partial charge >= 0.3 is 5.97 Å². The number of anilines is 1. The van der Waals surface area contributed by atoms with Gasteiger partial charge in [0.2, 0.25) is 0 Å². The molecule has 2 aromatic rings. The van der Waals surface area contributed by atoms with Crippen LogP contribution in [-0.4, -0.2) is 43.8 Å². The number of nitrogens with one attached hydrogen (secondary N) is 2. The van der Waals surface area contributed by atoms with Crippen LogP contribution in [0.15, 0.2) is 53.4 Å². The molecule has 0 unspecified atom stereocenters. The first-order chi connectivity index (χ1) is 13.5. The van der Waals surface area contributed by atoms with Gasteiger partial charge in [0.15, 0.2) is 6.61 Å². The van der Waals surface area contributed by atoms with Gasteiger partial charge in [-0.15, -0.1) is 11.8 Å². The maximum atomic E-state index is 11.9. The third kappa shape index (κ3) is 6.96. The predicted molar refractivity (Wildman–Crippen MR) is 108 cm³/mol. The number of hydrogen-bond donors (Lipinski definition) is 2. The fourth-order valence-corrected chi connectivity index (χ4v) is 2.90. The summed E-state index contributed by atoms with van der Waals surface area (Å²) in [4.78, 5) is 36.3. The zero-order valence-electron chi connectivity index (χ0n) is 15.7. The van der Waals surface area contributed by atoms with Gasteiger partial charge in [0.25, 0.3) is 11.8 Å². The van der Waals surface area contributed by atoms with Gasteiger partial charge in [-0.05, 0) is 49.4 Å². The first kappa shape index (κ1) is 21.3. The monoisotopic (exact) mass is 402 g/mol. The Hall–Kier alpha value is -3.00. The molecule has 28 heavy (non-hydrogen) atoms. The van der Waals surface area contributed by atoms with Gasteiger partial charge in [-0.2, -0.15) is 0 Å². The van der Waals surface area contributed by atoms with Crippen LogP contribution in [0.3, 0.4) is 0 Å². The first-order valence-electron chi connectivity index (χ1n) is 8.65. The molecule has 2 aromatic carbocycles. The van der Waals surface area contributed by atoms with Gasteiger partial charge in [-0.1, -0.05) is 6.07 Å². The summed E-state index contributed by atoms with van der Waals surface area (Å²) in [7, 11) is 1.53. The summed E-state index contributed by atoms with van der Waals surface area (Å²) >= 11 is 1.31. The Kier molecular flexibility index (Phi) is 8.36.